The lowest BCUT2D eigenvalue weighted by atomic mass is 10.2. The summed E-state index contributed by atoms with van der Waals surface area (Å²) in [6, 6.07) is 9.55. The van der Waals surface area contributed by atoms with E-state index in [1.807, 2.05) is 37.3 Å². The number of alkyl carbamates (subject to hydrolysis) is 1. The standard InChI is InChI=1S/C13H18N2O2S/c1-10(12(18)14-2)8-15-13(16)17-9-11-6-4-3-5-7-11/h3-7,10H,8-9H2,1-2H3,(H,14,18)(H,15,16)/t10-/m0/s1. The largest absolute Gasteiger partial charge is 0.445 e. The van der Waals surface area contributed by atoms with Crippen molar-refractivity contribution in [3.05, 3.63) is 35.9 Å². The Morgan fingerprint density at radius 1 is 1.39 bits per heavy atom. The van der Waals surface area contributed by atoms with Crippen LogP contribution in [0.1, 0.15) is 12.5 Å². The van der Waals surface area contributed by atoms with E-state index in [0.717, 1.165) is 10.6 Å². The molecule has 0 aliphatic carbocycles. The number of benzene rings is 1. The first-order valence-corrected chi connectivity index (χ1v) is 6.20. The second-order valence-electron chi connectivity index (χ2n) is 3.96. The number of ether oxygens (including phenoxy) is 1. The fraction of sp³-hybridized carbons (Fsp3) is 0.385. The van der Waals surface area contributed by atoms with E-state index in [-0.39, 0.29) is 12.5 Å². The van der Waals surface area contributed by atoms with Gasteiger partial charge >= 0.3 is 6.09 Å². The molecule has 0 aromatic heterocycles. The second kappa shape index (κ2) is 7.66. The Kier molecular flexibility index (Phi) is 6.14. The molecule has 1 aromatic carbocycles. The highest BCUT2D eigenvalue weighted by Crippen LogP contribution is 2.01. The Morgan fingerprint density at radius 3 is 2.67 bits per heavy atom. The number of hydrogen-bond donors (Lipinski definition) is 2. The third kappa shape index (κ3) is 5.14. The maximum atomic E-state index is 11.4. The molecule has 1 rings (SSSR count). The summed E-state index contributed by atoms with van der Waals surface area (Å²) in [5, 5.41) is 5.56. The van der Waals surface area contributed by atoms with E-state index in [1.54, 1.807) is 7.05 Å². The van der Waals surface area contributed by atoms with Gasteiger partial charge < -0.3 is 15.4 Å². The molecule has 1 aromatic rings. The first-order valence-electron chi connectivity index (χ1n) is 5.79. The van der Waals surface area contributed by atoms with Crippen LogP contribution in [0, 0.1) is 5.92 Å². The van der Waals surface area contributed by atoms with Crippen molar-refractivity contribution < 1.29 is 9.53 Å². The van der Waals surface area contributed by atoms with Gasteiger partial charge in [0.1, 0.15) is 6.61 Å². The van der Waals surface area contributed by atoms with Crippen LogP contribution in [0.15, 0.2) is 30.3 Å². The molecule has 2 N–H and O–H groups in total. The predicted octanol–water partition coefficient (Wildman–Crippen LogP) is 2.10. The Bertz CT molecular complexity index is 395. The lowest BCUT2D eigenvalue weighted by Crippen LogP contribution is -2.35. The fourth-order valence-electron chi connectivity index (χ4n) is 1.35. The maximum absolute atomic E-state index is 11.4. The Hall–Kier alpha value is -1.62. The van der Waals surface area contributed by atoms with E-state index in [9.17, 15) is 4.79 Å². The molecule has 4 nitrogen and oxygen atoms in total. The van der Waals surface area contributed by atoms with Gasteiger partial charge in [0.15, 0.2) is 0 Å². The highest BCUT2D eigenvalue weighted by Gasteiger charge is 2.09. The van der Waals surface area contributed by atoms with E-state index in [4.69, 9.17) is 17.0 Å². The first-order chi connectivity index (χ1) is 8.63. The number of nitrogens with one attached hydrogen (secondary N) is 2. The summed E-state index contributed by atoms with van der Waals surface area (Å²) in [6.07, 6.45) is -0.426. The molecule has 5 heteroatoms. The zero-order valence-corrected chi connectivity index (χ0v) is 11.4. The van der Waals surface area contributed by atoms with Crippen molar-refractivity contribution in [2.45, 2.75) is 13.5 Å². The monoisotopic (exact) mass is 266 g/mol. The highest BCUT2D eigenvalue weighted by molar-refractivity contribution is 7.80. The molecule has 0 bridgehead atoms. The lowest BCUT2D eigenvalue weighted by molar-refractivity contribution is 0.139. The number of hydrogen-bond acceptors (Lipinski definition) is 3. The Labute approximate surface area is 113 Å². The molecule has 98 valence electrons. The zero-order valence-electron chi connectivity index (χ0n) is 10.6. The summed E-state index contributed by atoms with van der Waals surface area (Å²) < 4.78 is 5.08. The average Bonchev–Trinajstić information content (AvgIpc) is 2.42. The van der Waals surface area contributed by atoms with Gasteiger partial charge in [0.25, 0.3) is 0 Å². The third-order valence-electron chi connectivity index (χ3n) is 2.46. The van der Waals surface area contributed by atoms with Gasteiger partial charge in [-0.2, -0.15) is 0 Å². The van der Waals surface area contributed by atoms with Gasteiger partial charge in [0, 0.05) is 19.5 Å². The molecule has 18 heavy (non-hydrogen) atoms. The summed E-state index contributed by atoms with van der Waals surface area (Å²) in [5.74, 6) is 0.0919. The highest BCUT2D eigenvalue weighted by atomic mass is 32.1. The molecule has 0 heterocycles. The van der Waals surface area contributed by atoms with Gasteiger partial charge in [0.05, 0.1) is 4.99 Å². The summed E-state index contributed by atoms with van der Waals surface area (Å²) in [6.45, 7) is 2.68. The molecule has 0 radical (unpaired) electrons. The van der Waals surface area contributed by atoms with Crippen molar-refractivity contribution in [2.75, 3.05) is 13.6 Å². The van der Waals surface area contributed by atoms with Gasteiger partial charge in [-0.05, 0) is 5.56 Å². The van der Waals surface area contributed by atoms with Crippen LogP contribution in [-0.2, 0) is 11.3 Å². The molecular formula is C13H18N2O2S. The number of carbonyl (C=O) groups is 1. The Morgan fingerprint density at radius 2 is 2.06 bits per heavy atom. The van der Waals surface area contributed by atoms with Crippen LogP contribution in [0.5, 0.6) is 0 Å². The van der Waals surface area contributed by atoms with Crippen LogP contribution >= 0.6 is 12.2 Å². The van der Waals surface area contributed by atoms with Crippen molar-refractivity contribution in [1.29, 1.82) is 0 Å². The van der Waals surface area contributed by atoms with E-state index < -0.39 is 6.09 Å². The smallest absolute Gasteiger partial charge is 0.407 e. The van der Waals surface area contributed by atoms with Crippen LogP contribution in [0.4, 0.5) is 4.79 Å². The third-order valence-corrected chi connectivity index (χ3v) is 3.07. The average molecular weight is 266 g/mol. The lowest BCUT2D eigenvalue weighted by Gasteiger charge is -2.13. The van der Waals surface area contributed by atoms with Crippen LogP contribution in [0.2, 0.25) is 0 Å². The van der Waals surface area contributed by atoms with Crippen molar-refractivity contribution in [1.82, 2.24) is 10.6 Å². The first kappa shape index (κ1) is 14.4. The SMILES string of the molecule is CNC(=S)[C@@H](C)CNC(=O)OCc1ccccc1. The van der Waals surface area contributed by atoms with Crippen molar-refractivity contribution in [3.8, 4) is 0 Å². The molecule has 1 amide bonds. The molecule has 0 saturated carbocycles. The predicted molar refractivity (Wildman–Crippen MR) is 75.5 cm³/mol. The molecular weight excluding hydrogens is 248 g/mol. The molecule has 1 atom stereocenters. The van der Waals surface area contributed by atoms with Crippen LogP contribution in [-0.4, -0.2) is 24.7 Å². The van der Waals surface area contributed by atoms with Crippen molar-refractivity contribution in [2.24, 2.45) is 5.92 Å². The van der Waals surface area contributed by atoms with Crippen molar-refractivity contribution in [3.63, 3.8) is 0 Å². The molecule has 0 aliphatic heterocycles. The minimum absolute atomic E-state index is 0.0919. The van der Waals surface area contributed by atoms with Gasteiger partial charge in [-0.3, -0.25) is 0 Å². The normalized spacial score (nSPS) is 11.4. The van der Waals surface area contributed by atoms with Gasteiger partial charge in [-0.1, -0.05) is 49.5 Å². The summed E-state index contributed by atoms with van der Waals surface area (Å²) in [5.41, 5.74) is 0.964. The molecule has 0 spiro atoms. The zero-order chi connectivity index (χ0) is 13.4. The number of rotatable bonds is 5. The van der Waals surface area contributed by atoms with Gasteiger partial charge in [-0.25, -0.2) is 4.79 Å². The van der Waals surface area contributed by atoms with Crippen LogP contribution in [0.25, 0.3) is 0 Å². The molecule has 0 fully saturated rings. The number of amides is 1. The van der Waals surface area contributed by atoms with E-state index in [0.29, 0.717) is 6.54 Å². The molecule has 0 saturated heterocycles. The maximum Gasteiger partial charge on any atom is 0.407 e. The van der Waals surface area contributed by atoms with E-state index in [2.05, 4.69) is 10.6 Å². The van der Waals surface area contributed by atoms with Crippen LogP contribution < -0.4 is 10.6 Å². The summed E-state index contributed by atoms with van der Waals surface area (Å²) >= 11 is 5.07. The fourth-order valence-corrected chi connectivity index (χ4v) is 1.43. The van der Waals surface area contributed by atoms with E-state index >= 15 is 0 Å². The second-order valence-corrected chi connectivity index (χ2v) is 4.40. The molecule has 0 aliphatic rings. The minimum atomic E-state index is -0.426. The minimum Gasteiger partial charge on any atom is -0.445 e. The topological polar surface area (TPSA) is 50.4 Å². The van der Waals surface area contributed by atoms with Gasteiger partial charge in [-0.15, -0.1) is 0 Å². The van der Waals surface area contributed by atoms with Crippen molar-refractivity contribution >= 4 is 23.3 Å². The quantitative estimate of drug-likeness (QED) is 0.801. The van der Waals surface area contributed by atoms with Crippen LogP contribution in [0.3, 0.4) is 0 Å². The number of thiocarbonyl (C=S) groups is 1. The molecule has 0 unspecified atom stereocenters. The van der Waals surface area contributed by atoms with Gasteiger partial charge in [0.2, 0.25) is 0 Å². The summed E-state index contributed by atoms with van der Waals surface area (Å²) in [4.78, 5) is 12.2. The summed E-state index contributed by atoms with van der Waals surface area (Å²) in [7, 11) is 1.77. The number of carbonyl (C=O) groups excluding carboxylic acids is 1. The van der Waals surface area contributed by atoms with E-state index in [1.165, 1.54) is 0 Å². The Balaban J connectivity index is 2.24.